The van der Waals surface area contributed by atoms with E-state index >= 15 is 0 Å². The van der Waals surface area contributed by atoms with Gasteiger partial charge in [-0.05, 0) is 36.8 Å². The van der Waals surface area contributed by atoms with Crippen molar-refractivity contribution in [3.8, 4) is 0 Å². The predicted octanol–water partition coefficient (Wildman–Crippen LogP) is 5.51. The molecule has 0 saturated heterocycles. The van der Waals surface area contributed by atoms with Crippen LogP contribution in [0.4, 0.5) is 16.5 Å². The summed E-state index contributed by atoms with van der Waals surface area (Å²) in [6.45, 7) is 1.77. The van der Waals surface area contributed by atoms with Crippen LogP contribution in [0.1, 0.15) is 21.7 Å². The average Bonchev–Trinajstić information content (AvgIpc) is 3.43. The molecule has 4 aromatic rings. The molecule has 1 amide bonds. The number of furan rings is 1. The topological polar surface area (TPSA) is 133 Å². The number of aryl methyl sites for hydroxylation is 1. The number of carbonyl (C=O) groups is 1. The zero-order valence-corrected chi connectivity index (χ0v) is 17.9. The smallest absolute Gasteiger partial charge is 0.277 e. The number of hydrogen-bond acceptors (Lipinski definition) is 8. The van der Waals surface area contributed by atoms with Crippen LogP contribution in [0.5, 0.6) is 0 Å². The first-order valence-corrected chi connectivity index (χ1v) is 10.3. The third-order valence-electron chi connectivity index (χ3n) is 4.68. The summed E-state index contributed by atoms with van der Waals surface area (Å²) >= 11 is 7.41. The van der Waals surface area contributed by atoms with E-state index in [2.05, 4.69) is 4.98 Å². The molecule has 10 nitrogen and oxygen atoms in total. The van der Waals surface area contributed by atoms with Gasteiger partial charge in [0.1, 0.15) is 5.76 Å². The number of non-ortho nitro benzene ring substituents is 2. The molecule has 0 saturated carbocycles. The maximum atomic E-state index is 13.4. The molecule has 2 heterocycles. The van der Waals surface area contributed by atoms with Crippen molar-refractivity contribution in [1.82, 2.24) is 4.98 Å². The molecule has 0 aliphatic rings. The van der Waals surface area contributed by atoms with Crippen LogP contribution in [-0.4, -0.2) is 20.7 Å². The minimum absolute atomic E-state index is 0.0328. The van der Waals surface area contributed by atoms with Crippen LogP contribution in [0.2, 0.25) is 5.02 Å². The quantitative estimate of drug-likeness (QED) is 0.266. The van der Waals surface area contributed by atoms with Gasteiger partial charge in [0.25, 0.3) is 17.3 Å². The number of anilines is 1. The summed E-state index contributed by atoms with van der Waals surface area (Å²) < 4.78 is 6.14. The van der Waals surface area contributed by atoms with Gasteiger partial charge in [-0.25, -0.2) is 4.98 Å². The number of rotatable bonds is 6. The first kappa shape index (κ1) is 21.4. The third-order valence-corrected chi connectivity index (χ3v) is 6.13. The average molecular weight is 473 g/mol. The molecule has 0 radical (unpaired) electrons. The number of nitrogens with zero attached hydrogens (tertiary/aromatic N) is 4. The highest BCUT2D eigenvalue weighted by atomic mass is 35.5. The SMILES string of the molecule is Cc1c(Cl)ccc2sc(N(Cc3ccco3)C(=O)c3cc([N+](=O)[O-])cc([N+](=O)[O-])c3)nc12. The molecule has 0 atom stereocenters. The second-order valence-corrected chi connectivity index (χ2v) is 8.15. The Morgan fingerprint density at radius 2 is 1.84 bits per heavy atom. The number of nitro groups is 2. The standard InChI is InChI=1S/C20H13ClN4O6S/c1-11-16(21)4-5-17-18(11)22-20(32-17)23(10-15-3-2-6-31-15)19(26)12-7-13(24(27)28)9-14(8-12)25(29)30/h2-9H,10H2,1H3. The Balaban J connectivity index is 1.84. The van der Waals surface area contributed by atoms with Crippen molar-refractivity contribution >= 4 is 55.6 Å². The van der Waals surface area contributed by atoms with E-state index in [0.29, 0.717) is 21.4 Å². The number of thiazole rings is 1. The number of carbonyl (C=O) groups excluding carboxylic acids is 1. The van der Waals surface area contributed by atoms with Crippen LogP contribution >= 0.6 is 22.9 Å². The monoisotopic (exact) mass is 472 g/mol. The van der Waals surface area contributed by atoms with Gasteiger partial charge in [0, 0.05) is 17.2 Å². The van der Waals surface area contributed by atoms with Gasteiger partial charge in [-0.3, -0.25) is 29.9 Å². The lowest BCUT2D eigenvalue weighted by atomic mass is 10.1. The normalized spacial score (nSPS) is 10.9. The van der Waals surface area contributed by atoms with Gasteiger partial charge >= 0.3 is 0 Å². The molecule has 0 aliphatic heterocycles. The molecule has 0 bridgehead atoms. The van der Waals surface area contributed by atoms with Crippen LogP contribution in [0.3, 0.4) is 0 Å². The van der Waals surface area contributed by atoms with Crippen LogP contribution in [0, 0.1) is 27.2 Å². The van der Waals surface area contributed by atoms with Crippen molar-refractivity contribution in [1.29, 1.82) is 0 Å². The van der Waals surface area contributed by atoms with E-state index in [1.165, 1.54) is 22.5 Å². The Kier molecular flexibility index (Phi) is 5.59. The second-order valence-electron chi connectivity index (χ2n) is 6.74. The fourth-order valence-electron chi connectivity index (χ4n) is 3.07. The lowest BCUT2D eigenvalue weighted by Gasteiger charge is -2.18. The van der Waals surface area contributed by atoms with Crippen LogP contribution in [0.15, 0.2) is 53.1 Å². The van der Waals surface area contributed by atoms with Gasteiger partial charge in [-0.2, -0.15) is 0 Å². The van der Waals surface area contributed by atoms with E-state index < -0.39 is 27.1 Å². The van der Waals surface area contributed by atoms with E-state index in [-0.39, 0.29) is 12.1 Å². The van der Waals surface area contributed by atoms with Gasteiger partial charge in [0.2, 0.25) is 0 Å². The number of nitro benzene ring substituents is 2. The molecular weight excluding hydrogens is 460 g/mol. The van der Waals surface area contributed by atoms with Crippen molar-refractivity contribution < 1.29 is 19.1 Å². The molecule has 12 heteroatoms. The fourth-order valence-corrected chi connectivity index (χ4v) is 4.25. The lowest BCUT2D eigenvalue weighted by molar-refractivity contribution is -0.394. The summed E-state index contributed by atoms with van der Waals surface area (Å²) in [6.07, 6.45) is 1.44. The molecule has 162 valence electrons. The van der Waals surface area contributed by atoms with E-state index in [4.69, 9.17) is 16.0 Å². The van der Waals surface area contributed by atoms with Gasteiger partial charge in [0.15, 0.2) is 5.13 Å². The van der Waals surface area contributed by atoms with Crippen molar-refractivity contribution in [2.24, 2.45) is 0 Å². The number of hydrogen-bond donors (Lipinski definition) is 0. The number of benzene rings is 2. The Hall–Kier alpha value is -3.83. The summed E-state index contributed by atoms with van der Waals surface area (Å²) in [4.78, 5) is 40.2. The van der Waals surface area contributed by atoms with E-state index in [0.717, 1.165) is 28.5 Å². The number of amides is 1. The van der Waals surface area contributed by atoms with Crippen LogP contribution in [-0.2, 0) is 6.54 Å². The first-order valence-electron chi connectivity index (χ1n) is 9.08. The summed E-state index contributed by atoms with van der Waals surface area (Å²) in [6, 6.07) is 9.62. The fraction of sp³-hybridized carbons (Fsp3) is 0.100. The molecule has 0 N–H and O–H groups in total. The molecule has 0 aliphatic carbocycles. The first-order chi connectivity index (χ1) is 15.2. The zero-order valence-electron chi connectivity index (χ0n) is 16.4. The van der Waals surface area contributed by atoms with Crippen molar-refractivity contribution in [3.05, 3.63) is 90.9 Å². The van der Waals surface area contributed by atoms with Gasteiger partial charge in [-0.1, -0.05) is 22.9 Å². The summed E-state index contributed by atoms with van der Waals surface area (Å²) in [5.74, 6) is -0.261. The van der Waals surface area contributed by atoms with E-state index in [1.54, 1.807) is 31.2 Å². The molecule has 0 fully saturated rings. The Labute approximate surface area is 189 Å². The van der Waals surface area contributed by atoms with Crippen molar-refractivity contribution in [2.75, 3.05) is 4.90 Å². The zero-order chi connectivity index (χ0) is 23.0. The van der Waals surface area contributed by atoms with Gasteiger partial charge < -0.3 is 4.42 Å². The molecule has 0 spiro atoms. The molecule has 2 aromatic heterocycles. The minimum atomic E-state index is -0.788. The number of fused-ring (bicyclic) bond motifs is 1. The Bertz CT molecular complexity index is 1340. The number of halogens is 1. The number of aromatic nitrogens is 1. The largest absolute Gasteiger partial charge is 0.467 e. The summed E-state index contributed by atoms with van der Waals surface area (Å²) in [5, 5.41) is 23.3. The molecule has 4 rings (SSSR count). The molecule has 2 aromatic carbocycles. The van der Waals surface area contributed by atoms with Crippen molar-refractivity contribution in [3.63, 3.8) is 0 Å². The molecule has 32 heavy (non-hydrogen) atoms. The van der Waals surface area contributed by atoms with Gasteiger partial charge in [0.05, 0.1) is 44.5 Å². The minimum Gasteiger partial charge on any atom is -0.467 e. The van der Waals surface area contributed by atoms with Crippen LogP contribution in [0.25, 0.3) is 10.2 Å². The highest BCUT2D eigenvalue weighted by Gasteiger charge is 2.27. The lowest BCUT2D eigenvalue weighted by Crippen LogP contribution is -2.30. The van der Waals surface area contributed by atoms with Crippen LogP contribution < -0.4 is 4.90 Å². The molecule has 0 unspecified atom stereocenters. The van der Waals surface area contributed by atoms with Crippen molar-refractivity contribution in [2.45, 2.75) is 13.5 Å². The maximum absolute atomic E-state index is 13.4. The van der Waals surface area contributed by atoms with Gasteiger partial charge in [-0.15, -0.1) is 0 Å². The van der Waals surface area contributed by atoms with E-state index in [1.807, 2.05) is 0 Å². The highest BCUT2D eigenvalue weighted by Crippen LogP contribution is 2.35. The van der Waals surface area contributed by atoms with E-state index in [9.17, 15) is 25.0 Å². The summed E-state index contributed by atoms with van der Waals surface area (Å²) in [7, 11) is 0. The predicted molar refractivity (Wildman–Crippen MR) is 118 cm³/mol. The maximum Gasteiger partial charge on any atom is 0.277 e. The Morgan fingerprint density at radius 1 is 1.16 bits per heavy atom. The summed E-state index contributed by atoms with van der Waals surface area (Å²) in [5.41, 5.74) is 0.00846. The second kappa shape index (κ2) is 8.36. The molecular formula is C20H13ClN4O6S. The Morgan fingerprint density at radius 3 is 2.44 bits per heavy atom. The highest BCUT2D eigenvalue weighted by molar-refractivity contribution is 7.22. The third kappa shape index (κ3) is 4.03.